The average molecular weight is 425 g/mol. The number of amides is 2. The van der Waals surface area contributed by atoms with Gasteiger partial charge in [0.1, 0.15) is 0 Å². The highest BCUT2D eigenvalue weighted by molar-refractivity contribution is 7.98. The Morgan fingerprint density at radius 2 is 2.14 bits per heavy atom. The van der Waals surface area contributed by atoms with Crippen molar-refractivity contribution in [3.63, 3.8) is 0 Å². The zero-order chi connectivity index (χ0) is 20.4. The van der Waals surface area contributed by atoms with Gasteiger partial charge in [0.15, 0.2) is 0 Å². The van der Waals surface area contributed by atoms with E-state index in [0.717, 1.165) is 26.6 Å². The molecule has 2 aromatic heterocycles. The van der Waals surface area contributed by atoms with E-state index in [1.54, 1.807) is 34.1 Å². The van der Waals surface area contributed by atoms with E-state index in [0.29, 0.717) is 18.3 Å². The second kappa shape index (κ2) is 8.26. The molecule has 3 heterocycles. The van der Waals surface area contributed by atoms with E-state index in [4.69, 9.17) is 4.52 Å². The maximum Gasteiger partial charge on any atom is 0.322 e. The van der Waals surface area contributed by atoms with Gasteiger partial charge in [-0.05, 0) is 42.3 Å². The lowest BCUT2D eigenvalue weighted by atomic mass is 9.94. The van der Waals surface area contributed by atoms with Crippen molar-refractivity contribution in [1.29, 1.82) is 0 Å². The monoisotopic (exact) mass is 424 g/mol. The molecule has 0 saturated heterocycles. The number of allylic oxidation sites excluding steroid dienone is 1. The molecule has 2 amide bonds. The van der Waals surface area contributed by atoms with Crippen molar-refractivity contribution in [2.24, 2.45) is 0 Å². The smallest absolute Gasteiger partial charge is 0.322 e. The second-order valence-electron chi connectivity index (χ2n) is 6.45. The van der Waals surface area contributed by atoms with Crippen LogP contribution in [0, 0.1) is 0 Å². The number of carbonyl (C=O) groups excluding carboxylic acids is 1. The summed E-state index contributed by atoms with van der Waals surface area (Å²) in [7, 11) is 0. The van der Waals surface area contributed by atoms with E-state index < -0.39 is 0 Å². The van der Waals surface area contributed by atoms with Crippen LogP contribution in [0.15, 0.2) is 69.5 Å². The maximum absolute atomic E-state index is 12.7. The molecule has 0 fully saturated rings. The average Bonchev–Trinajstić information content (AvgIpc) is 3.42. The number of hydrogen-bond donors (Lipinski definition) is 1. The van der Waals surface area contributed by atoms with E-state index in [-0.39, 0.29) is 12.1 Å². The van der Waals surface area contributed by atoms with Crippen LogP contribution in [-0.2, 0) is 0 Å². The van der Waals surface area contributed by atoms with Crippen LogP contribution in [0.3, 0.4) is 0 Å². The van der Waals surface area contributed by atoms with Gasteiger partial charge in [0, 0.05) is 17.1 Å². The first-order valence-electron chi connectivity index (χ1n) is 9.04. The molecule has 1 atom stereocenters. The van der Waals surface area contributed by atoms with E-state index in [1.165, 1.54) is 0 Å². The summed E-state index contributed by atoms with van der Waals surface area (Å²) in [5.74, 6) is 0.942. The van der Waals surface area contributed by atoms with Crippen molar-refractivity contribution in [2.75, 3.05) is 12.8 Å². The lowest BCUT2D eigenvalue weighted by molar-refractivity contribution is 0.209. The van der Waals surface area contributed by atoms with Crippen LogP contribution in [0.25, 0.3) is 16.3 Å². The number of urea groups is 1. The second-order valence-corrected chi connectivity index (χ2v) is 8.28. The molecule has 1 aliphatic heterocycles. The number of thioether (sulfide) groups is 1. The quantitative estimate of drug-likeness (QED) is 0.435. The highest BCUT2D eigenvalue weighted by atomic mass is 32.2. The molecule has 0 spiro atoms. The summed E-state index contributed by atoms with van der Waals surface area (Å²) < 4.78 is 5.64. The minimum absolute atomic E-state index is 0.178. The van der Waals surface area contributed by atoms with Crippen LogP contribution in [-0.4, -0.2) is 33.9 Å². The molecule has 1 aliphatic rings. The number of rotatable bonds is 6. The first-order valence-corrected chi connectivity index (χ1v) is 11.1. The number of thiophene rings is 1. The standard InChI is InChI=1S/C21H20N4O2S2/c1-4-11-25-13(2)17(20-23-19(24-27-20)16-6-5-12-29-16)18(22-21(25)26)14-7-9-15(28-3)10-8-14/h4-10,12,18H,1,11H2,2-3H3,(H,22,26). The molecule has 8 heteroatoms. The molecule has 3 aromatic rings. The molecule has 1 N–H and O–H groups in total. The van der Waals surface area contributed by atoms with Crippen LogP contribution in [0.1, 0.15) is 24.4 Å². The van der Waals surface area contributed by atoms with Gasteiger partial charge in [-0.3, -0.25) is 4.90 Å². The lowest BCUT2D eigenvalue weighted by Crippen LogP contribution is -2.46. The first-order chi connectivity index (χ1) is 14.1. The first kappa shape index (κ1) is 19.5. The van der Waals surface area contributed by atoms with Crippen molar-refractivity contribution in [1.82, 2.24) is 20.4 Å². The molecule has 0 saturated carbocycles. The van der Waals surface area contributed by atoms with Crippen LogP contribution < -0.4 is 5.32 Å². The molecule has 0 radical (unpaired) electrons. The molecule has 6 nitrogen and oxygen atoms in total. The van der Waals surface area contributed by atoms with Gasteiger partial charge in [-0.1, -0.05) is 29.4 Å². The van der Waals surface area contributed by atoms with Gasteiger partial charge in [0.2, 0.25) is 5.82 Å². The molecular weight excluding hydrogens is 404 g/mol. The van der Waals surface area contributed by atoms with Crippen molar-refractivity contribution in [2.45, 2.75) is 17.9 Å². The molecule has 148 valence electrons. The number of nitrogens with zero attached hydrogens (tertiary/aromatic N) is 3. The fourth-order valence-electron chi connectivity index (χ4n) is 3.29. The number of carbonyl (C=O) groups is 1. The summed E-state index contributed by atoms with van der Waals surface area (Å²) >= 11 is 3.22. The number of benzene rings is 1. The summed E-state index contributed by atoms with van der Waals surface area (Å²) in [6, 6.07) is 11.5. The van der Waals surface area contributed by atoms with Crippen molar-refractivity contribution in [3.8, 4) is 10.7 Å². The lowest BCUT2D eigenvalue weighted by Gasteiger charge is -2.34. The van der Waals surface area contributed by atoms with Crippen molar-refractivity contribution in [3.05, 3.63) is 71.6 Å². The Kier molecular flexibility index (Phi) is 5.55. The zero-order valence-electron chi connectivity index (χ0n) is 16.1. The highest BCUT2D eigenvalue weighted by Crippen LogP contribution is 2.38. The van der Waals surface area contributed by atoms with Crippen molar-refractivity contribution < 1.29 is 9.32 Å². The Morgan fingerprint density at radius 1 is 1.34 bits per heavy atom. The fourth-order valence-corrected chi connectivity index (χ4v) is 4.35. The van der Waals surface area contributed by atoms with E-state index in [1.807, 2.05) is 55.0 Å². The fraction of sp³-hybridized carbons (Fsp3) is 0.190. The third kappa shape index (κ3) is 3.73. The molecule has 1 unspecified atom stereocenters. The van der Waals surface area contributed by atoms with Gasteiger partial charge in [0.05, 0.1) is 16.5 Å². The van der Waals surface area contributed by atoms with Gasteiger partial charge < -0.3 is 9.84 Å². The Balaban J connectivity index is 1.81. The molecule has 4 rings (SSSR count). The van der Waals surface area contributed by atoms with Gasteiger partial charge in [-0.25, -0.2) is 4.79 Å². The third-order valence-corrected chi connectivity index (χ3v) is 6.36. The third-order valence-electron chi connectivity index (χ3n) is 4.76. The minimum atomic E-state index is -0.379. The summed E-state index contributed by atoms with van der Waals surface area (Å²) in [6.45, 7) is 6.05. The molecular formula is C21H20N4O2S2. The van der Waals surface area contributed by atoms with Gasteiger partial charge in [0.25, 0.3) is 5.89 Å². The van der Waals surface area contributed by atoms with Gasteiger partial charge in [-0.2, -0.15) is 4.98 Å². The predicted octanol–water partition coefficient (Wildman–Crippen LogP) is 5.20. The van der Waals surface area contributed by atoms with Crippen molar-refractivity contribution >= 4 is 34.7 Å². The Bertz CT molecular complexity index is 1050. The summed E-state index contributed by atoms with van der Waals surface area (Å²) in [4.78, 5) is 21.1. The number of hydrogen-bond acceptors (Lipinski definition) is 6. The van der Waals surface area contributed by atoms with E-state index in [9.17, 15) is 4.79 Å². The van der Waals surface area contributed by atoms with Gasteiger partial charge >= 0.3 is 6.03 Å². The topological polar surface area (TPSA) is 71.3 Å². The molecule has 0 bridgehead atoms. The molecule has 29 heavy (non-hydrogen) atoms. The number of aromatic nitrogens is 2. The minimum Gasteiger partial charge on any atom is -0.334 e. The van der Waals surface area contributed by atoms with Crippen LogP contribution in [0.4, 0.5) is 4.79 Å². The molecule has 1 aromatic carbocycles. The Hall–Kier alpha value is -2.84. The summed E-state index contributed by atoms with van der Waals surface area (Å²) in [6.07, 6.45) is 3.73. The highest BCUT2D eigenvalue weighted by Gasteiger charge is 2.35. The van der Waals surface area contributed by atoms with E-state index in [2.05, 4.69) is 22.0 Å². The van der Waals surface area contributed by atoms with Crippen LogP contribution >= 0.6 is 23.1 Å². The van der Waals surface area contributed by atoms with E-state index >= 15 is 0 Å². The zero-order valence-corrected chi connectivity index (χ0v) is 17.7. The van der Waals surface area contributed by atoms with Crippen LogP contribution in [0.5, 0.6) is 0 Å². The Labute approximate surface area is 177 Å². The van der Waals surface area contributed by atoms with Crippen LogP contribution in [0.2, 0.25) is 0 Å². The normalized spacial score (nSPS) is 16.8. The molecule has 0 aliphatic carbocycles. The maximum atomic E-state index is 12.7. The SMILES string of the molecule is C=CCN1C(=O)NC(c2ccc(SC)cc2)C(c2nc(-c3cccs3)no2)=C1C. The summed E-state index contributed by atoms with van der Waals surface area (Å²) in [5.41, 5.74) is 2.52. The van der Waals surface area contributed by atoms with Gasteiger partial charge in [-0.15, -0.1) is 29.7 Å². The number of nitrogens with one attached hydrogen (secondary N) is 1. The summed E-state index contributed by atoms with van der Waals surface area (Å²) in [5, 5.41) is 9.20. The predicted molar refractivity (Wildman–Crippen MR) is 117 cm³/mol. The largest absolute Gasteiger partial charge is 0.334 e. The Morgan fingerprint density at radius 3 is 2.79 bits per heavy atom.